The molecule has 1 aromatic heterocycles. The fourth-order valence-corrected chi connectivity index (χ4v) is 2.94. The molecule has 0 fully saturated rings. The molecule has 0 radical (unpaired) electrons. The molecule has 0 saturated carbocycles. The summed E-state index contributed by atoms with van der Waals surface area (Å²) in [5.41, 5.74) is 1.07. The van der Waals surface area contributed by atoms with Crippen LogP contribution in [0.4, 0.5) is 0 Å². The van der Waals surface area contributed by atoms with E-state index in [0.717, 1.165) is 21.4 Å². The van der Waals surface area contributed by atoms with Crippen molar-refractivity contribution in [2.24, 2.45) is 0 Å². The highest BCUT2D eigenvalue weighted by Crippen LogP contribution is 2.26. The Balaban J connectivity index is 2.09. The Hall–Kier alpha value is -0.810. The first-order valence-electron chi connectivity index (χ1n) is 5.57. The van der Waals surface area contributed by atoms with Crippen LogP contribution < -0.4 is 0 Å². The molecule has 2 aromatic rings. The van der Waals surface area contributed by atoms with E-state index in [4.69, 9.17) is 27.9 Å². The quantitative estimate of drug-likeness (QED) is 0.611. The van der Waals surface area contributed by atoms with E-state index in [9.17, 15) is 0 Å². The highest BCUT2D eigenvalue weighted by Gasteiger charge is 2.06. The Morgan fingerprint density at radius 1 is 1.21 bits per heavy atom. The van der Waals surface area contributed by atoms with E-state index in [1.807, 2.05) is 24.3 Å². The van der Waals surface area contributed by atoms with E-state index < -0.39 is 0 Å². The standard InChI is InChI=1S/C13H12Cl2N2OS/c1-18-7-12-16-11(15)6-13(17-12)19-8-9-4-2-3-5-10(9)14/h2-6H,7-8H2,1H3. The van der Waals surface area contributed by atoms with Gasteiger partial charge in [0.15, 0.2) is 5.82 Å². The smallest absolute Gasteiger partial charge is 0.156 e. The van der Waals surface area contributed by atoms with Crippen LogP contribution in [0.3, 0.4) is 0 Å². The zero-order chi connectivity index (χ0) is 13.7. The van der Waals surface area contributed by atoms with Gasteiger partial charge in [-0.2, -0.15) is 0 Å². The van der Waals surface area contributed by atoms with Crippen molar-refractivity contribution in [3.8, 4) is 0 Å². The number of aromatic nitrogens is 2. The van der Waals surface area contributed by atoms with Crippen molar-refractivity contribution in [2.75, 3.05) is 7.11 Å². The third-order valence-corrected chi connectivity index (χ3v) is 3.85. The van der Waals surface area contributed by atoms with Crippen LogP contribution in [0.25, 0.3) is 0 Å². The summed E-state index contributed by atoms with van der Waals surface area (Å²) in [5.74, 6) is 1.32. The highest BCUT2D eigenvalue weighted by molar-refractivity contribution is 7.98. The van der Waals surface area contributed by atoms with Crippen LogP contribution in [0.2, 0.25) is 10.2 Å². The van der Waals surface area contributed by atoms with E-state index in [1.165, 1.54) is 0 Å². The molecular weight excluding hydrogens is 303 g/mol. The van der Waals surface area contributed by atoms with Gasteiger partial charge in [0, 0.05) is 24.0 Å². The predicted octanol–water partition coefficient (Wildman–Crippen LogP) is 4.22. The Labute approximate surface area is 126 Å². The average Bonchev–Trinajstić information content (AvgIpc) is 2.37. The third-order valence-electron chi connectivity index (χ3n) is 2.32. The molecule has 0 N–H and O–H groups in total. The summed E-state index contributed by atoms with van der Waals surface area (Å²) in [6.07, 6.45) is 0. The highest BCUT2D eigenvalue weighted by atomic mass is 35.5. The van der Waals surface area contributed by atoms with Gasteiger partial charge in [-0.25, -0.2) is 9.97 Å². The zero-order valence-electron chi connectivity index (χ0n) is 10.3. The molecular formula is C13H12Cl2N2OS. The van der Waals surface area contributed by atoms with E-state index in [1.54, 1.807) is 24.9 Å². The average molecular weight is 315 g/mol. The first kappa shape index (κ1) is 14.6. The molecule has 0 aliphatic carbocycles. The van der Waals surface area contributed by atoms with Gasteiger partial charge in [-0.15, -0.1) is 11.8 Å². The second-order valence-electron chi connectivity index (χ2n) is 3.76. The number of methoxy groups -OCH3 is 1. The molecule has 0 aliphatic rings. The van der Waals surface area contributed by atoms with Gasteiger partial charge in [-0.1, -0.05) is 41.4 Å². The number of halogens is 2. The fraction of sp³-hybridized carbons (Fsp3) is 0.231. The van der Waals surface area contributed by atoms with Gasteiger partial charge in [-0.05, 0) is 11.6 Å². The lowest BCUT2D eigenvalue weighted by atomic mass is 10.2. The van der Waals surface area contributed by atoms with Gasteiger partial charge < -0.3 is 4.74 Å². The van der Waals surface area contributed by atoms with Gasteiger partial charge >= 0.3 is 0 Å². The fourth-order valence-electron chi connectivity index (χ4n) is 1.48. The van der Waals surface area contributed by atoms with Gasteiger partial charge in [-0.3, -0.25) is 0 Å². The van der Waals surface area contributed by atoms with Crippen LogP contribution in [0.1, 0.15) is 11.4 Å². The molecule has 1 aromatic carbocycles. The Kier molecular flexibility index (Phi) is 5.45. The van der Waals surface area contributed by atoms with E-state index >= 15 is 0 Å². The van der Waals surface area contributed by atoms with Crippen molar-refractivity contribution in [2.45, 2.75) is 17.4 Å². The molecule has 1 heterocycles. The van der Waals surface area contributed by atoms with Crippen LogP contribution in [-0.2, 0) is 17.1 Å². The summed E-state index contributed by atoms with van der Waals surface area (Å²) in [6.45, 7) is 0.347. The van der Waals surface area contributed by atoms with Crippen LogP contribution >= 0.6 is 35.0 Å². The van der Waals surface area contributed by atoms with Crippen molar-refractivity contribution in [1.82, 2.24) is 9.97 Å². The minimum atomic E-state index is 0.347. The van der Waals surface area contributed by atoms with Gasteiger partial charge in [0.05, 0.1) is 0 Å². The lowest BCUT2D eigenvalue weighted by Gasteiger charge is -2.05. The summed E-state index contributed by atoms with van der Waals surface area (Å²) in [5, 5.41) is 1.99. The number of nitrogens with zero attached hydrogens (tertiary/aromatic N) is 2. The maximum Gasteiger partial charge on any atom is 0.156 e. The molecule has 2 rings (SSSR count). The SMILES string of the molecule is COCc1nc(Cl)cc(SCc2ccccc2Cl)n1. The normalized spacial score (nSPS) is 10.7. The second-order valence-corrected chi connectivity index (χ2v) is 5.55. The van der Waals surface area contributed by atoms with Crippen molar-refractivity contribution >= 4 is 35.0 Å². The molecule has 6 heteroatoms. The molecule has 100 valence electrons. The maximum atomic E-state index is 6.11. The van der Waals surface area contributed by atoms with Crippen molar-refractivity contribution in [1.29, 1.82) is 0 Å². The monoisotopic (exact) mass is 314 g/mol. The van der Waals surface area contributed by atoms with Gasteiger partial charge in [0.2, 0.25) is 0 Å². The van der Waals surface area contributed by atoms with E-state index in [0.29, 0.717) is 17.6 Å². The molecule has 0 bridgehead atoms. The minimum absolute atomic E-state index is 0.347. The molecule has 3 nitrogen and oxygen atoms in total. The molecule has 0 saturated heterocycles. The summed E-state index contributed by atoms with van der Waals surface area (Å²) in [7, 11) is 1.60. The van der Waals surface area contributed by atoms with Crippen LogP contribution in [0.5, 0.6) is 0 Å². The molecule has 19 heavy (non-hydrogen) atoms. The summed E-state index contributed by atoms with van der Waals surface area (Å²) in [4.78, 5) is 8.45. The first-order chi connectivity index (χ1) is 9.19. The number of benzene rings is 1. The minimum Gasteiger partial charge on any atom is -0.377 e. The topological polar surface area (TPSA) is 35.0 Å². The zero-order valence-corrected chi connectivity index (χ0v) is 12.6. The van der Waals surface area contributed by atoms with Crippen LogP contribution in [0.15, 0.2) is 35.4 Å². The lowest BCUT2D eigenvalue weighted by Crippen LogP contribution is -1.98. The molecule has 0 atom stereocenters. The largest absolute Gasteiger partial charge is 0.377 e. The Bertz CT molecular complexity index is 566. The van der Waals surface area contributed by atoms with Crippen LogP contribution in [-0.4, -0.2) is 17.1 Å². The Morgan fingerprint density at radius 2 is 2.00 bits per heavy atom. The number of rotatable bonds is 5. The maximum absolute atomic E-state index is 6.11. The molecule has 0 spiro atoms. The summed E-state index contributed by atoms with van der Waals surface area (Å²) >= 11 is 13.6. The third kappa shape index (κ3) is 4.35. The molecule has 0 amide bonds. The van der Waals surface area contributed by atoms with Crippen molar-refractivity contribution < 1.29 is 4.74 Å². The molecule has 0 aliphatic heterocycles. The van der Waals surface area contributed by atoms with Gasteiger partial charge in [0.25, 0.3) is 0 Å². The second kappa shape index (κ2) is 7.10. The van der Waals surface area contributed by atoms with E-state index in [2.05, 4.69) is 9.97 Å². The summed E-state index contributed by atoms with van der Waals surface area (Å²) < 4.78 is 5.01. The van der Waals surface area contributed by atoms with Gasteiger partial charge in [0.1, 0.15) is 16.8 Å². The number of hydrogen-bond donors (Lipinski definition) is 0. The first-order valence-corrected chi connectivity index (χ1v) is 7.32. The number of hydrogen-bond acceptors (Lipinski definition) is 4. The summed E-state index contributed by atoms with van der Waals surface area (Å²) in [6, 6.07) is 9.48. The number of thioether (sulfide) groups is 1. The predicted molar refractivity (Wildman–Crippen MR) is 78.8 cm³/mol. The number of ether oxygens (including phenoxy) is 1. The lowest BCUT2D eigenvalue weighted by molar-refractivity contribution is 0.177. The van der Waals surface area contributed by atoms with Crippen LogP contribution in [0, 0.1) is 0 Å². The molecule has 0 unspecified atom stereocenters. The van der Waals surface area contributed by atoms with Crippen molar-refractivity contribution in [3.05, 3.63) is 51.9 Å². The van der Waals surface area contributed by atoms with Crippen molar-refractivity contribution in [3.63, 3.8) is 0 Å². The van der Waals surface area contributed by atoms with E-state index in [-0.39, 0.29) is 0 Å². The Morgan fingerprint density at radius 3 is 2.74 bits per heavy atom.